The highest BCUT2D eigenvalue weighted by atomic mass is 79.9. The van der Waals surface area contributed by atoms with E-state index in [2.05, 4.69) is 37.2 Å². The number of halogens is 4. The van der Waals surface area contributed by atoms with Gasteiger partial charge in [0.1, 0.15) is 0 Å². The maximum absolute atomic E-state index is 12.1. The number of carbonyl (C=O) groups excluding carboxylic acids is 1. The lowest BCUT2D eigenvalue weighted by Gasteiger charge is -2.26. The molecule has 0 heterocycles. The Labute approximate surface area is 127 Å². The van der Waals surface area contributed by atoms with Crippen molar-refractivity contribution in [2.24, 2.45) is 0 Å². The Bertz CT molecular complexity index is 402. The van der Waals surface area contributed by atoms with E-state index in [9.17, 15) is 4.79 Å². The quantitative estimate of drug-likeness (QED) is 0.747. The Morgan fingerprint density at radius 2 is 1.76 bits per heavy atom. The number of amides is 1. The number of benzene rings is 1. The molecule has 1 amide bonds. The third kappa shape index (κ3) is 3.85. The van der Waals surface area contributed by atoms with Crippen LogP contribution in [0.5, 0.6) is 0 Å². The Morgan fingerprint density at radius 1 is 1.29 bits per heavy atom. The van der Waals surface area contributed by atoms with Gasteiger partial charge in [-0.1, -0.05) is 61.1 Å². The Kier molecular flexibility index (Phi) is 5.77. The normalized spacial score (nSPS) is 11.4. The Morgan fingerprint density at radius 3 is 2.18 bits per heavy atom. The largest absolute Gasteiger partial charge is 0.345 e. The minimum absolute atomic E-state index is 0.276. The molecule has 2 nitrogen and oxygen atoms in total. The van der Waals surface area contributed by atoms with Crippen molar-refractivity contribution in [3.63, 3.8) is 0 Å². The topological polar surface area (TPSA) is 29.1 Å². The van der Waals surface area contributed by atoms with Crippen molar-refractivity contribution in [2.75, 3.05) is 10.7 Å². The molecule has 0 atom stereocenters. The van der Waals surface area contributed by atoms with Gasteiger partial charge in [-0.15, -0.1) is 0 Å². The second-order valence-corrected chi connectivity index (χ2v) is 5.81. The van der Waals surface area contributed by atoms with Gasteiger partial charge >= 0.3 is 0 Å². The summed E-state index contributed by atoms with van der Waals surface area (Å²) in [5, 5.41) is 4.83. The van der Waals surface area contributed by atoms with Crippen LogP contribution in [0.15, 0.2) is 18.2 Å². The van der Waals surface area contributed by atoms with Crippen LogP contribution in [0.25, 0.3) is 0 Å². The molecule has 0 saturated carbocycles. The number of rotatable bonds is 4. The zero-order valence-electron chi connectivity index (χ0n) is 9.07. The van der Waals surface area contributed by atoms with Crippen LogP contribution in [0.3, 0.4) is 0 Å². The van der Waals surface area contributed by atoms with Gasteiger partial charge in [-0.05, 0) is 19.1 Å². The van der Waals surface area contributed by atoms with Crippen LogP contribution in [-0.2, 0) is 0 Å². The smallest absolute Gasteiger partial charge is 0.254 e. The van der Waals surface area contributed by atoms with E-state index in [1.165, 1.54) is 0 Å². The number of hydrogen-bond donors (Lipinski definition) is 1. The van der Waals surface area contributed by atoms with Crippen LogP contribution in [0.2, 0.25) is 10.0 Å². The fraction of sp³-hybridized carbons (Fsp3) is 0.364. The molecule has 1 aromatic rings. The van der Waals surface area contributed by atoms with Crippen molar-refractivity contribution < 1.29 is 4.79 Å². The number of carbonyl (C=O) groups is 1. The van der Waals surface area contributed by atoms with Crippen molar-refractivity contribution >= 4 is 61.0 Å². The summed E-state index contributed by atoms with van der Waals surface area (Å²) in [7, 11) is 0. The molecule has 1 aromatic carbocycles. The predicted octanol–water partition coefficient (Wildman–Crippen LogP) is 4.27. The molecule has 0 aliphatic carbocycles. The summed E-state index contributed by atoms with van der Waals surface area (Å²) >= 11 is 18.7. The lowest BCUT2D eigenvalue weighted by atomic mass is 10.1. The van der Waals surface area contributed by atoms with Crippen molar-refractivity contribution in [2.45, 2.75) is 12.5 Å². The highest BCUT2D eigenvalue weighted by Gasteiger charge is 2.26. The molecule has 0 unspecified atom stereocenters. The van der Waals surface area contributed by atoms with E-state index in [-0.39, 0.29) is 11.4 Å². The summed E-state index contributed by atoms with van der Waals surface area (Å²) in [5.74, 6) is -0.276. The van der Waals surface area contributed by atoms with E-state index in [1.807, 2.05) is 6.92 Å². The minimum atomic E-state index is -0.389. The average molecular weight is 404 g/mol. The van der Waals surface area contributed by atoms with Gasteiger partial charge in [-0.3, -0.25) is 4.79 Å². The third-order valence-electron chi connectivity index (χ3n) is 2.20. The third-order valence-corrected chi connectivity index (χ3v) is 5.30. The summed E-state index contributed by atoms with van der Waals surface area (Å²) in [6, 6.07) is 4.99. The van der Waals surface area contributed by atoms with Gasteiger partial charge in [-0.25, -0.2) is 0 Å². The molecule has 0 aromatic heterocycles. The average Bonchev–Trinajstić information content (AvgIpc) is 2.28. The zero-order chi connectivity index (χ0) is 13.1. The molecule has 17 heavy (non-hydrogen) atoms. The number of alkyl halides is 2. The first-order chi connectivity index (χ1) is 7.93. The summed E-state index contributed by atoms with van der Waals surface area (Å²) in [6.07, 6.45) is 0. The van der Waals surface area contributed by atoms with Gasteiger partial charge in [0.15, 0.2) is 0 Å². The van der Waals surface area contributed by atoms with Crippen LogP contribution in [0.1, 0.15) is 17.3 Å². The van der Waals surface area contributed by atoms with Crippen LogP contribution < -0.4 is 5.32 Å². The summed E-state index contributed by atoms with van der Waals surface area (Å²) in [6.45, 7) is 1.92. The lowest BCUT2D eigenvalue weighted by Crippen LogP contribution is -2.49. The molecule has 0 aliphatic rings. The van der Waals surface area contributed by atoms with Gasteiger partial charge in [-0.2, -0.15) is 0 Å². The van der Waals surface area contributed by atoms with Crippen LogP contribution in [0.4, 0.5) is 0 Å². The number of hydrogen-bond acceptors (Lipinski definition) is 1. The first-order valence-corrected chi connectivity index (χ1v) is 7.82. The van der Waals surface area contributed by atoms with E-state index in [4.69, 9.17) is 23.2 Å². The first-order valence-electron chi connectivity index (χ1n) is 4.82. The highest BCUT2D eigenvalue weighted by molar-refractivity contribution is 9.09. The maximum atomic E-state index is 12.1. The molecule has 6 heteroatoms. The van der Waals surface area contributed by atoms with E-state index in [0.29, 0.717) is 26.3 Å². The monoisotopic (exact) mass is 401 g/mol. The van der Waals surface area contributed by atoms with Gasteiger partial charge < -0.3 is 5.32 Å². The Hall–Kier alpha value is 0.230. The van der Waals surface area contributed by atoms with Gasteiger partial charge in [0.05, 0.1) is 21.1 Å². The van der Waals surface area contributed by atoms with Gasteiger partial charge in [0.2, 0.25) is 0 Å². The zero-order valence-corrected chi connectivity index (χ0v) is 13.8. The molecular weight excluding hydrogens is 393 g/mol. The number of nitrogens with one attached hydrogen (secondary N) is 1. The highest BCUT2D eigenvalue weighted by Crippen LogP contribution is 2.25. The van der Waals surface area contributed by atoms with Gasteiger partial charge in [0, 0.05) is 10.7 Å². The molecule has 94 valence electrons. The SMILES string of the molecule is CC(CBr)(CBr)NC(=O)c1c(Cl)cccc1Cl. The van der Waals surface area contributed by atoms with E-state index in [1.54, 1.807) is 18.2 Å². The molecule has 1 N–H and O–H groups in total. The predicted molar refractivity (Wildman–Crippen MR) is 79.9 cm³/mol. The lowest BCUT2D eigenvalue weighted by molar-refractivity contribution is 0.0923. The van der Waals surface area contributed by atoms with E-state index >= 15 is 0 Å². The summed E-state index contributed by atoms with van der Waals surface area (Å²) in [5.41, 5.74) is -0.0801. The first kappa shape index (κ1) is 15.3. The van der Waals surface area contributed by atoms with E-state index in [0.717, 1.165) is 0 Å². The summed E-state index contributed by atoms with van der Waals surface area (Å²) in [4.78, 5) is 12.1. The fourth-order valence-electron chi connectivity index (χ4n) is 1.15. The molecule has 0 spiro atoms. The van der Waals surface area contributed by atoms with Crippen LogP contribution in [0, 0.1) is 0 Å². The van der Waals surface area contributed by atoms with Gasteiger partial charge in [0.25, 0.3) is 5.91 Å². The second-order valence-electron chi connectivity index (χ2n) is 3.88. The summed E-state index contributed by atoms with van der Waals surface area (Å²) < 4.78 is 0. The maximum Gasteiger partial charge on any atom is 0.254 e. The molecule has 1 rings (SSSR count). The molecule has 0 aliphatic heterocycles. The molecular formula is C11H11Br2Cl2NO. The standard InChI is InChI=1S/C11H11Br2Cl2NO/c1-11(5-12,6-13)16-10(17)9-7(14)3-2-4-8(9)15/h2-4H,5-6H2,1H3,(H,16,17). The Balaban J connectivity index is 2.98. The molecule has 0 bridgehead atoms. The minimum Gasteiger partial charge on any atom is -0.345 e. The van der Waals surface area contributed by atoms with Crippen molar-refractivity contribution in [3.05, 3.63) is 33.8 Å². The van der Waals surface area contributed by atoms with E-state index < -0.39 is 0 Å². The van der Waals surface area contributed by atoms with Crippen molar-refractivity contribution in [1.82, 2.24) is 5.32 Å². The van der Waals surface area contributed by atoms with Crippen molar-refractivity contribution in [1.29, 1.82) is 0 Å². The molecule has 0 fully saturated rings. The fourth-order valence-corrected chi connectivity index (χ4v) is 2.93. The molecule has 0 radical (unpaired) electrons. The van der Waals surface area contributed by atoms with Crippen molar-refractivity contribution in [3.8, 4) is 0 Å². The second kappa shape index (κ2) is 6.41. The van der Waals surface area contributed by atoms with Crippen LogP contribution >= 0.6 is 55.1 Å². The van der Waals surface area contributed by atoms with Crippen LogP contribution in [-0.4, -0.2) is 22.1 Å². The molecule has 0 saturated heterocycles.